The van der Waals surface area contributed by atoms with Crippen LogP contribution in [0.1, 0.15) is 18.9 Å². The number of carbonyl (C=O) groups excluding carboxylic acids is 1. The fraction of sp³-hybridized carbons (Fsp3) is 0.500. The number of aliphatic hydroxyl groups is 1. The Morgan fingerprint density at radius 3 is 2.56 bits per heavy atom. The molecule has 0 aliphatic carbocycles. The van der Waals surface area contributed by atoms with Crippen molar-refractivity contribution in [1.82, 2.24) is 5.32 Å². The Labute approximate surface area is 108 Å². The molecule has 2 atom stereocenters. The lowest BCUT2D eigenvalue weighted by Crippen LogP contribution is -2.46. The molecule has 1 unspecified atom stereocenters. The van der Waals surface area contributed by atoms with Crippen LogP contribution in [0.2, 0.25) is 0 Å². The summed E-state index contributed by atoms with van der Waals surface area (Å²) in [5.41, 5.74) is 1.13. The van der Waals surface area contributed by atoms with Crippen molar-refractivity contribution in [3.63, 3.8) is 0 Å². The van der Waals surface area contributed by atoms with E-state index in [-0.39, 0.29) is 24.7 Å². The van der Waals surface area contributed by atoms with Gasteiger partial charge < -0.3 is 9.84 Å². The van der Waals surface area contributed by atoms with Crippen LogP contribution < -0.4 is 5.32 Å². The summed E-state index contributed by atoms with van der Waals surface area (Å²) < 4.78 is 4.72. The van der Waals surface area contributed by atoms with Gasteiger partial charge in [-0.15, -0.1) is 0 Å². The van der Waals surface area contributed by atoms with Gasteiger partial charge in [0, 0.05) is 6.04 Å². The third-order valence-corrected chi connectivity index (χ3v) is 2.88. The number of aliphatic hydroxyl groups excluding tert-OH is 1. The summed E-state index contributed by atoms with van der Waals surface area (Å²) in [5.74, 6) is -0.288. The van der Waals surface area contributed by atoms with Gasteiger partial charge >= 0.3 is 5.97 Å². The fourth-order valence-electron chi connectivity index (χ4n) is 1.85. The first kappa shape index (κ1) is 14.7. The number of nitrogens with one attached hydrogen (secondary N) is 1. The van der Waals surface area contributed by atoms with Gasteiger partial charge in [0.2, 0.25) is 0 Å². The van der Waals surface area contributed by atoms with E-state index in [0.717, 1.165) is 5.56 Å². The molecule has 4 nitrogen and oxygen atoms in total. The maximum atomic E-state index is 11.5. The summed E-state index contributed by atoms with van der Waals surface area (Å²) >= 11 is 0. The number of carbonyl (C=O) groups is 1. The standard InChI is InChI=1S/C14H21NO3/c1-3-13(14(17)18-2)15-12(10-16)9-11-7-5-4-6-8-11/h4-8,12-13,15-16H,3,9-10H2,1-2H3/t12-,13?/m1/s1. The van der Waals surface area contributed by atoms with Crippen molar-refractivity contribution in [2.24, 2.45) is 0 Å². The Morgan fingerprint density at radius 2 is 2.06 bits per heavy atom. The Balaban J connectivity index is 2.58. The van der Waals surface area contributed by atoms with Crippen molar-refractivity contribution in [2.45, 2.75) is 31.8 Å². The normalized spacial score (nSPS) is 13.9. The number of ether oxygens (including phenoxy) is 1. The summed E-state index contributed by atoms with van der Waals surface area (Å²) in [6, 6.07) is 9.37. The minimum Gasteiger partial charge on any atom is -0.468 e. The van der Waals surface area contributed by atoms with Gasteiger partial charge in [-0.25, -0.2) is 0 Å². The van der Waals surface area contributed by atoms with Crippen molar-refractivity contribution in [3.05, 3.63) is 35.9 Å². The minimum absolute atomic E-state index is 0.0115. The smallest absolute Gasteiger partial charge is 0.322 e. The van der Waals surface area contributed by atoms with Crippen LogP contribution >= 0.6 is 0 Å². The molecule has 0 radical (unpaired) electrons. The van der Waals surface area contributed by atoms with Gasteiger partial charge in [0.1, 0.15) is 6.04 Å². The second-order valence-electron chi connectivity index (χ2n) is 4.22. The average molecular weight is 251 g/mol. The van der Waals surface area contributed by atoms with Gasteiger partial charge in [-0.05, 0) is 18.4 Å². The van der Waals surface area contributed by atoms with Crippen LogP contribution in [0.5, 0.6) is 0 Å². The predicted octanol–water partition coefficient (Wildman–Crippen LogP) is 1.13. The Morgan fingerprint density at radius 1 is 1.39 bits per heavy atom. The third-order valence-electron chi connectivity index (χ3n) is 2.88. The van der Waals surface area contributed by atoms with Gasteiger partial charge in [-0.3, -0.25) is 10.1 Å². The zero-order valence-electron chi connectivity index (χ0n) is 10.9. The predicted molar refractivity (Wildman–Crippen MR) is 70.3 cm³/mol. The van der Waals surface area contributed by atoms with Crippen molar-refractivity contribution in [1.29, 1.82) is 0 Å². The first-order chi connectivity index (χ1) is 8.71. The number of hydrogen-bond acceptors (Lipinski definition) is 4. The Hall–Kier alpha value is -1.39. The molecular weight excluding hydrogens is 230 g/mol. The molecule has 100 valence electrons. The van der Waals surface area contributed by atoms with E-state index < -0.39 is 0 Å². The van der Waals surface area contributed by atoms with Gasteiger partial charge in [0.25, 0.3) is 0 Å². The first-order valence-electron chi connectivity index (χ1n) is 6.19. The van der Waals surface area contributed by atoms with E-state index in [1.165, 1.54) is 7.11 Å². The van der Waals surface area contributed by atoms with Gasteiger partial charge in [-0.2, -0.15) is 0 Å². The van der Waals surface area contributed by atoms with E-state index in [2.05, 4.69) is 5.32 Å². The lowest BCUT2D eigenvalue weighted by Gasteiger charge is -2.22. The SMILES string of the molecule is CCC(N[C@@H](CO)Cc1ccccc1)C(=O)OC. The Kier molecular flexibility index (Phi) is 6.39. The van der Waals surface area contributed by atoms with Crippen LogP contribution in [0.4, 0.5) is 0 Å². The molecule has 0 bridgehead atoms. The van der Waals surface area contributed by atoms with Crippen LogP contribution in [-0.2, 0) is 16.0 Å². The van der Waals surface area contributed by atoms with Crippen molar-refractivity contribution in [2.75, 3.05) is 13.7 Å². The lowest BCUT2D eigenvalue weighted by molar-refractivity contribution is -0.143. The topological polar surface area (TPSA) is 58.6 Å². The second-order valence-corrected chi connectivity index (χ2v) is 4.22. The summed E-state index contributed by atoms with van der Waals surface area (Å²) in [4.78, 5) is 11.5. The molecule has 0 aliphatic rings. The molecule has 18 heavy (non-hydrogen) atoms. The molecule has 2 N–H and O–H groups in total. The molecule has 0 saturated heterocycles. The molecule has 1 aromatic rings. The first-order valence-corrected chi connectivity index (χ1v) is 6.19. The molecule has 0 fully saturated rings. The summed E-state index contributed by atoms with van der Waals surface area (Å²) in [7, 11) is 1.37. The quantitative estimate of drug-likeness (QED) is 0.713. The number of esters is 1. The number of methoxy groups -OCH3 is 1. The molecule has 0 aromatic heterocycles. The van der Waals surface area contributed by atoms with E-state index in [1.807, 2.05) is 37.3 Å². The highest BCUT2D eigenvalue weighted by atomic mass is 16.5. The van der Waals surface area contributed by atoms with Gasteiger partial charge in [0.15, 0.2) is 0 Å². The molecule has 0 spiro atoms. The molecule has 0 saturated carbocycles. The van der Waals surface area contributed by atoms with E-state index in [1.54, 1.807) is 0 Å². The maximum Gasteiger partial charge on any atom is 0.322 e. The fourth-order valence-corrected chi connectivity index (χ4v) is 1.85. The highest BCUT2D eigenvalue weighted by Crippen LogP contribution is 2.05. The number of rotatable bonds is 7. The zero-order valence-corrected chi connectivity index (χ0v) is 10.9. The monoisotopic (exact) mass is 251 g/mol. The molecule has 1 rings (SSSR count). The zero-order chi connectivity index (χ0) is 13.4. The van der Waals surface area contributed by atoms with E-state index >= 15 is 0 Å². The van der Waals surface area contributed by atoms with Crippen LogP contribution in [0.3, 0.4) is 0 Å². The Bertz CT molecular complexity index is 353. The van der Waals surface area contributed by atoms with Crippen LogP contribution in [0, 0.1) is 0 Å². The molecule has 0 heterocycles. The largest absolute Gasteiger partial charge is 0.468 e. The molecule has 0 amide bonds. The molecular formula is C14H21NO3. The minimum atomic E-state index is -0.365. The summed E-state index contributed by atoms with van der Waals surface area (Å²) in [5, 5.41) is 12.5. The van der Waals surface area contributed by atoms with Gasteiger partial charge in [0.05, 0.1) is 13.7 Å². The van der Waals surface area contributed by atoms with Crippen molar-refractivity contribution in [3.8, 4) is 0 Å². The number of benzene rings is 1. The van der Waals surface area contributed by atoms with E-state index in [0.29, 0.717) is 12.8 Å². The summed E-state index contributed by atoms with van der Waals surface area (Å²) in [6.07, 6.45) is 1.32. The molecule has 1 aromatic carbocycles. The summed E-state index contributed by atoms with van der Waals surface area (Å²) in [6.45, 7) is 1.90. The molecule has 0 aliphatic heterocycles. The average Bonchev–Trinajstić information content (AvgIpc) is 2.43. The number of hydrogen-bond donors (Lipinski definition) is 2. The van der Waals surface area contributed by atoms with E-state index in [9.17, 15) is 9.90 Å². The molecule has 4 heteroatoms. The maximum absolute atomic E-state index is 11.5. The lowest BCUT2D eigenvalue weighted by atomic mass is 10.1. The third kappa shape index (κ3) is 4.47. The highest BCUT2D eigenvalue weighted by molar-refractivity contribution is 5.75. The van der Waals surface area contributed by atoms with Crippen LogP contribution in [0.25, 0.3) is 0 Å². The second kappa shape index (κ2) is 7.84. The van der Waals surface area contributed by atoms with E-state index in [4.69, 9.17) is 4.74 Å². The van der Waals surface area contributed by atoms with Crippen LogP contribution in [-0.4, -0.2) is 36.9 Å². The highest BCUT2D eigenvalue weighted by Gasteiger charge is 2.20. The van der Waals surface area contributed by atoms with Crippen LogP contribution in [0.15, 0.2) is 30.3 Å². The van der Waals surface area contributed by atoms with Crippen molar-refractivity contribution >= 4 is 5.97 Å². The van der Waals surface area contributed by atoms with Gasteiger partial charge in [-0.1, -0.05) is 37.3 Å². The van der Waals surface area contributed by atoms with Crippen molar-refractivity contribution < 1.29 is 14.6 Å².